The van der Waals surface area contributed by atoms with Crippen LogP contribution in [0.3, 0.4) is 0 Å². The fourth-order valence-corrected chi connectivity index (χ4v) is 0. The topological polar surface area (TPSA) is 262 Å². The van der Waals surface area contributed by atoms with Crippen LogP contribution in [0.2, 0.25) is 0 Å². The van der Waals surface area contributed by atoms with Crippen LogP contribution in [0.4, 0.5) is 0 Å². The molecule has 0 aliphatic carbocycles. The van der Waals surface area contributed by atoms with Gasteiger partial charge in [-0.15, -0.1) is 0 Å². The molecular weight excluding hydrogens is 205 g/mol. The van der Waals surface area contributed by atoms with Crippen LogP contribution in [0.15, 0.2) is 0 Å². The molecule has 0 amide bonds. The summed E-state index contributed by atoms with van der Waals surface area (Å²) in [6.45, 7) is 0. The van der Waals surface area contributed by atoms with Crippen molar-refractivity contribution in [2.75, 3.05) is 0 Å². The second kappa shape index (κ2) is 112. The Balaban J connectivity index is -0.00000000214. The maximum absolute atomic E-state index is 8.47. The molecule has 0 radical (unpaired) electrons. The molecule has 0 fully saturated rings. The summed E-state index contributed by atoms with van der Waals surface area (Å²) in [6.07, 6.45) is 0. The summed E-state index contributed by atoms with van der Waals surface area (Å²) in [5.74, 6) is 0. The molecule has 0 saturated carbocycles. The molecule has 0 aromatic rings. The van der Waals surface area contributed by atoms with Crippen molar-refractivity contribution in [2.45, 2.75) is 0 Å². The van der Waals surface area contributed by atoms with E-state index in [2.05, 4.69) is 0 Å². The summed E-state index contributed by atoms with van der Waals surface area (Å²) >= 11 is 0. The Morgan fingerprint density at radius 2 is 0.727 bits per heavy atom. The minimum atomic E-state index is -1.25. The van der Waals surface area contributed by atoms with Crippen molar-refractivity contribution in [3.63, 3.8) is 0 Å². The molecule has 0 aliphatic heterocycles. The summed E-state index contributed by atoms with van der Waals surface area (Å²) in [5, 5.41) is 12.5. The minimum Gasteiger partial charge on any atom is -0.693 e. The molecule has 11 heteroatoms. The molecular formula is H14CoN7O3-2. The Labute approximate surface area is 74.9 Å². The second-order valence-corrected chi connectivity index (χ2v) is 0.253. The van der Waals surface area contributed by atoms with Crippen molar-refractivity contribution in [2.24, 2.45) is 0 Å². The predicted octanol–water partition coefficient (Wildman–Crippen LogP) is 3.84. The first-order valence-electron chi connectivity index (χ1n) is 0.583. The molecule has 10 nitrogen and oxygen atoms in total. The molecule has 0 aromatic heterocycles. The van der Waals surface area contributed by atoms with E-state index in [9.17, 15) is 0 Å². The van der Waals surface area contributed by atoms with E-state index >= 15 is 0 Å². The van der Waals surface area contributed by atoms with Crippen LogP contribution in [-0.4, -0.2) is 15.5 Å². The summed E-state index contributed by atoms with van der Waals surface area (Å²) in [6, 6.07) is 0. The Kier molecular flexibility index (Phi) is 1560. The van der Waals surface area contributed by atoms with Gasteiger partial charge in [0.1, 0.15) is 4.91 Å². The van der Waals surface area contributed by atoms with Gasteiger partial charge in [0.15, 0.2) is 0 Å². The van der Waals surface area contributed by atoms with E-state index in [4.69, 9.17) is 15.3 Å². The number of rotatable bonds is 0. The molecule has 0 heterocycles. The fraction of sp³-hybridized carbons (Fsp3) is 0. The van der Waals surface area contributed by atoms with Crippen molar-refractivity contribution >= 4 is 0 Å². The van der Waals surface area contributed by atoms with Gasteiger partial charge in [-0.05, 0) is 0 Å². The van der Waals surface area contributed by atoms with E-state index < -0.39 is 5.09 Å². The molecule has 0 saturated heterocycles. The SMILES string of the molecule is O=[N+](O)O.[Co+3].[NH2-].[NH2-].[NH2-].[NH2-].[NH2-].[NH2-]. The minimum absolute atomic E-state index is 0. The molecule has 11 heavy (non-hydrogen) atoms. The smallest absolute Gasteiger partial charge is 0.693 e. The van der Waals surface area contributed by atoms with Gasteiger partial charge in [-0.2, -0.15) is 0 Å². The number of nitrogens with zero attached hydrogens (tertiary/aromatic N) is 1. The Bertz CT molecular complexity index is 36.7. The largest absolute Gasteiger partial charge is 3.00 e. The second-order valence-electron chi connectivity index (χ2n) is 0.253. The zero-order valence-corrected chi connectivity index (χ0v) is 6.59. The Morgan fingerprint density at radius 3 is 0.727 bits per heavy atom. The van der Waals surface area contributed by atoms with Crippen LogP contribution >= 0.6 is 0 Å². The average molecular weight is 219 g/mol. The first-order chi connectivity index (χ1) is 1.73. The van der Waals surface area contributed by atoms with Crippen LogP contribution in [0.5, 0.6) is 0 Å². The molecule has 78 valence electrons. The molecule has 0 spiro atoms. The molecule has 0 rings (SSSR count). The normalized spacial score (nSPS) is 2.18. The third-order valence-corrected chi connectivity index (χ3v) is 0. The van der Waals surface area contributed by atoms with Gasteiger partial charge in [0.2, 0.25) is 0 Å². The van der Waals surface area contributed by atoms with Crippen molar-refractivity contribution in [1.82, 2.24) is 0 Å². The first-order valence-corrected chi connectivity index (χ1v) is 0.583. The monoisotopic (exact) mass is 219 g/mol. The summed E-state index contributed by atoms with van der Waals surface area (Å²) < 4.78 is 0. The van der Waals surface area contributed by atoms with Gasteiger partial charge in [-0.3, -0.25) is 0 Å². The number of hydrogen-bond donors (Lipinski definition) is 2. The van der Waals surface area contributed by atoms with Crippen LogP contribution in [0.1, 0.15) is 0 Å². The van der Waals surface area contributed by atoms with Gasteiger partial charge in [-0.1, -0.05) is 0 Å². The molecule has 14 N–H and O–H groups in total. The quantitative estimate of drug-likeness (QED) is 0.574. The van der Waals surface area contributed by atoms with Crippen molar-refractivity contribution in [3.8, 4) is 0 Å². The van der Waals surface area contributed by atoms with Gasteiger partial charge in [0, 0.05) is 0 Å². The van der Waals surface area contributed by atoms with Gasteiger partial charge < -0.3 is 36.9 Å². The molecule has 0 atom stereocenters. The summed E-state index contributed by atoms with van der Waals surface area (Å²) in [5.41, 5.74) is 0. The van der Waals surface area contributed by atoms with Gasteiger partial charge in [-0.25, -0.2) is 10.4 Å². The van der Waals surface area contributed by atoms with E-state index in [1.165, 1.54) is 0 Å². The summed E-state index contributed by atoms with van der Waals surface area (Å²) in [7, 11) is 0. The van der Waals surface area contributed by atoms with E-state index in [-0.39, 0.29) is 53.7 Å². The average Bonchev–Trinajstić information content (AvgIpc) is 0.811. The molecule has 0 aliphatic rings. The standard InChI is InChI=1S/Co.H2NO3.6H2N/c;2-1(3)4;;;;;;/h;(H2,2,3,4);6*1H2/q+3;+1;6*-1. The maximum atomic E-state index is 8.47. The van der Waals surface area contributed by atoms with Crippen LogP contribution in [-0.2, 0) is 16.8 Å². The predicted molar refractivity (Wildman–Crippen MR) is 38.9 cm³/mol. The number of nitrogens with two attached hydrogens (primary N) is 6. The van der Waals surface area contributed by atoms with Crippen LogP contribution in [0.25, 0.3) is 36.9 Å². The first kappa shape index (κ1) is 154. The third-order valence-electron chi connectivity index (χ3n) is 0. The molecule has 0 unspecified atom stereocenters. The fourth-order valence-electron chi connectivity index (χ4n) is 0. The summed E-state index contributed by atoms with van der Waals surface area (Å²) in [4.78, 5) is 8.47. The van der Waals surface area contributed by atoms with Crippen molar-refractivity contribution < 1.29 is 32.3 Å². The van der Waals surface area contributed by atoms with E-state index in [0.29, 0.717) is 0 Å². The zero-order chi connectivity index (χ0) is 3.58. The zero-order valence-electron chi connectivity index (χ0n) is 5.55. The number of hydrogen-bond acceptors (Lipinski definition) is 1. The van der Waals surface area contributed by atoms with Crippen LogP contribution < -0.4 is 0 Å². The molecule has 0 bridgehead atoms. The van der Waals surface area contributed by atoms with E-state index in [1.807, 2.05) is 0 Å². The van der Waals surface area contributed by atoms with Gasteiger partial charge >= 0.3 is 21.9 Å². The van der Waals surface area contributed by atoms with Crippen molar-refractivity contribution in [3.05, 3.63) is 41.8 Å². The Hall–Kier alpha value is -0.534. The Morgan fingerprint density at radius 1 is 0.727 bits per heavy atom. The van der Waals surface area contributed by atoms with Gasteiger partial charge in [0.25, 0.3) is 0 Å². The third kappa shape index (κ3) is 1850. The van der Waals surface area contributed by atoms with E-state index in [1.54, 1.807) is 0 Å². The van der Waals surface area contributed by atoms with Crippen molar-refractivity contribution in [1.29, 1.82) is 0 Å². The van der Waals surface area contributed by atoms with E-state index in [0.717, 1.165) is 0 Å². The molecule has 0 aromatic carbocycles. The van der Waals surface area contributed by atoms with Gasteiger partial charge in [0.05, 0.1) is 0 Å². The maximum Gasteiger partial charge on any atom is 3.00 e. The van der Waals surface area contributed by atoms with Crippen LogP contribution in [0, 0.1) is 4.91 Å².